The molecule has 1 saturated carbocycles. The van der Waals surface area contributed by atoms with Crippen molar-refractivity contribution in [2.45, 2.75) is 52.0 Å². The van der Waals surface area contributed by atoms with Gasteiger partial charge in [0.1, 0.15) is 6.54 Å². The lowest BCUT2D eigenvalue weighted by molar-refractivity contribution is -0.138. The number of hydrogen-bond acceptors (Lipinski definition) is 2. The van der Waals surface area contributed by atoms with Gasteiger partial charge in [0.15, 0.2) is 0 Å². The Morgan fingerprint density at radius 3 is 2.40 bits per heavy atom. The van der Waals surface area contributed by atoms with Gasteiger partial charge in [0, 0.05) is 19.1 Å². The predicted molar refractivity (Wildman–Crippen MR) is 76.5 cm³/mol. The predicted octanol–water partition coefficient (Wildman–Crippen LogP) is 2.41. The molecule has 2 rings (SSSR count). The molecule has 0 aromatic heterocycles. The minimum absolute atomic E-state index is 0.0672. The van der Waals surface area contributed by atoms with Crippen molar-refractivity contribution >= 4 is 12.0 Å². The maximum absolute atomic E-state index is 12.6. The van der Waals surface area contributed by atoms with Crippen LogP contribution in [0.1, 0.15) is 46.0 Å². The summed E-state index contributed by atoms with van der Waals surface area (Å²) in [6, 6.07) is 0.0548. The minimum Gasteiger partial charge on any atom is -0.480 e. The second kappa shape index (κ2) is 6.46. The van der Waals surface area contributed by atoms with E-state index in [1.54, 1.807) is 4.90 Å². The van der Waals surface area contributed by atoms with Crippen molar-refractivity contribution in [2.24, 2.45) is 11.8 Å². The van der Waals surface area contributed by atoms with E-state index in [9.17, 15) is 9.59 Å². The maximum atomic E-state index is 12.6. The average Bonchev–Trinajstić information content (AvgIpc) is 3.05. The molecule has 0 aromatic rings. The molecule has 0 aromatic carbocycles. The molecule has 1 unspecified atom stereocenters. The number of carbonyl (C=O) groups is 2. The number of rotatable bonds is 4. The number of carboxylic acids is 1. The van der Waals surface area contributed by atoms with Crippen LogP contribution >= 0.6 is 0 Å². The van der Waals surface area contributed by atoms with Crippen LogP contribution in [0.5, 0.6) is 0 Å². The molecule has 1 saturated heterocycles. The highest BCUT2D eigenvalue weighted by atomic mass is 16.4. The molecule has 1 aliphatic carbocycles. The summed E-state index contributed by atoms with van der Waals surface area (Å²) in [6.07, 6.45) is 5.13. The fraction of sp³-hybridized carbons (Fsp3) is 0.867. The fourth-order valence-electron chi connectivity index (χ4n) is 3.40. The largest absolute Gasteiger partial charge is 0.480 e. The number of likely N-dealkylation sites (tertiary alicyclic amines) is 1. The number of carbonyl (C=O) groups excluding carboxylic acids is 1. The number of hydrogen-bond donors (Lipinski definition) is 1. The van der Waals surface area contributed by atoms with Crippen molar-refractivity contribution in [3.8, 4) is 0 Å². The van der Waals surface area contributed by atoms with Crippen molar-refractivity contribution in [1.29, 1.82) is 0 Å². The zero-order chi connectivity index (χ0) is 14.7. The highest BCUT2D eigenvalue weighted by Gasteiger charge is 2.35. The van der Waals surface area contributed by atoms with Crippen LogP contribution in [0.4, 0.5) is 4.79 Å². The first-order valence-corrected chi connectivity index (χ1v) is 7.76. The highest BCUT2D eigenvalue weighted by Crippen LogP contribution is 2.28. The molecule has 0 radical (unpaired) electrons. The maximum Gasteiger partial charge on any atom is 0.323 e. The summed E-state index contributed by atoms with van der Waals surface area (Å²) in [7, 11) is 0. The molecule has 1 heterocycles. The zero-order valence-electron chi connectivity index (χ0n) is 12.5. The molecule has 1 aliphatic heterocycles. The smallest absolute Gasteiger partial charge is 0.323 e. The van der Waals surface area contributed by atoms with E-state index < -0.39 is 5.97 Å². The van der Waals surface area contributed by atoms with Gasteiger partial charge in [-0.05, 0) is 31.1 Å². The first-order valence-electron chi connectivity index (χ1n) is 7.76. The molecule has 0 bridgehead atoms. The summed E-state index contributed by atoms with van der Waals surface area (Å²) in [5.74, 6) is 0.214. The Bertz CT molecular complexity index is 364. The Kier molecular flexibility index (Phi) is 4.89. The Balaban J connectivity index is 2.01. The Morgan fingerprint density at radius 1 is 1.25 bits per heavy atom. The third kappa shape index (κ3) is 3.44. The second-order valence-electron chi connectivity index (χ2n) is 6.48. The zero-order valence-corrected chi connectivity index (χ0v) is 12.5. The summed E-state index contributed by atoms with van der Waals surface area (Å²) in [6.45, 7) is 5.76. The summed E-state index contributed by atoms with van der Waals surface area (Å²) < 4.78 is 0. The molecule has 1 atom stereocenters. The van der Waals surface area contributed by atoms with Gasteiger partial charge in [-0.25, -0.2) is 4.79 Å². The third-order valence-corrected chi connectivity index (χ3v) is 4.75. The molecule has 0 spiro atoms. The van der Waals surface area contributed by atoms with Crippen LogP contribution in [-0.2, 0) is 4.79 Å². The molecule has 5 nitrogen and oxygen atoms in total. The summed E-state index contributed by atoms with van der Waals surface area (Å²) >= 11 is 0. The van der Waals surface area contributed by atoms with Crippen LogP contribution in [0, 0.1) is 11.8 Å². The number of amides is 2. The van der Waals surface area contributed by atoms with Crippen molar-refractivity contribution in [3.63, 3.8) is 0 Å². The van der Waals surface area contributed by atoms with Crippen molar-refractivity contribution < 1.29 is 14.7 Å². The van der Waals surface area contributed by atoms with Gasteiger partial charge >= 0.3 is 12.0 Å². The molecule has 5 heteroatoms. The molecular formula is C15H26N2O3. The summed E-state index contributed by atoms with van der Waals surface area (Å²) in [5, 5.41) is 9.06. The standard InChI is InChI=1S/C15H26N2O3/c1-11(2)12-7-8-16(9-12)15(20)17(10-14(18)19)13-5-3-4-6-13/h11-13H,3-10H2,1-2H3,(H,18,19). The van der Waals surface area contributed by atoms with Gasteiger partial charge in [0.05, 0.1) is 0 Å². The van der Waals surface area contributed by atoms with E-state index in [1.165, 1.54) is 0 Å². The number of urea groups is 1. The Labute approximate surface area is 120 Å². The first kappa shape index (κ1) is 15.1. The highest BCUT2D eigenvalue weighted by molar-refractivity contribution is 5.80. The SMILES string of the molecule is CC(C)C1CCN(C(=O)N(CC(=O)O)C2CCCC2)C1. The van der Waals surface area contributed by atoms with E-state index >= 15 is 0 Å². The minimum atomic E-state index is -0.912. The molecular weight excluding hydrogens is 256 g/mol. The summed E-state index contributed by atoms with van der Waals surface area (Å²) in [5.41, 5.74) is 0. The molecule has 20 heavy (non-hydrogen) atoms. The Hall–Kier alpha value is -1.26. The first-order chi connectivity index (χ1) is 9.49. The van der Waals surface area contributed by atoms with Crippen molar-refractivity contribution in [3.05, 3.63) is 0 Å². The van der Waals surface area contributed by atoms with Crippen LogP contribution in [0.25, 0.3) is 0 Å². The van der Waals surface area contributed by atoms with Crippen LogP contribution in [0.2, 0.25) is 0 Å². The van der Waals surface area contributed by atoms with Gasteiger partial charge in [0.2, 0.25) is 0 Å². The van der Waals surface area contributed by atoms with Gasteiger partial charge in [-0.2, -0.15) is 0 Å². The topological polar surface area (TPSA) is 60.9 Å². The van der Waals surface area contributed by atoms with E-state index in [4.69, 9.17) is 5.11 Å². The Morgan fingerprint density at radius 2 is 1.90 bits per heavy atom. The molecule has 2 aliphatic rings. The number of carboxylic acid groups (broad SMARTS) is 1. The lowest BCUT2D eigenvalue weighted by atomic mass is 9.95. The monoisotopic (exact) mass is 282 g/mol. The normalized spacial score (nSPS) is 23.6. The van der Waals surface area contributed by atoms with E-state index in [0.717, 1.165) is 45.2 Å². The van der Waals surface area contributed by atoms with Crippen LogP contribution in [0.3, 0.4) is 0 Å². The average molecular weight is 282 g/mol. The second-order valence-corrected chi connectivity index (χ2v) is 6.48. The van der Waals surface area contributed by atoms with Gasteiger partial charge < -0.3 is 14.9 Å². The van der Waals surface area contributed by atoms with E-state index in [2.05, 4.69) is 13.8 Å². The third-order valence-electron chi connectivity index (χ3n) is 4.75. The van der Waals surface area contributed by atoms with Crippen LogP contribution < -0.4 is 0 Å². The van der Waals surface area contributed by atoms with Crippen molar-refractivity contribution in [1.82, 2.24) is 9.80 Å². The van der Waals surface area contributed by atoms with Crippen molar-refractivity contribution in [2.75, 3.05) is 19.6 Å². The van der Waals surface area contributed by atoms with Crippen LogP contribution in [0.15, 0.2) is 0 Å². The molecule has 114 valence electrons. The molecule has 2 fully saturated rings. The fourth-order valence-corrected chi connectivity index (χ4v) is 3.40. The van der Waals surface area contributed by atoms with E-state index in [-0.39, 0.29) is 18.6 Å². The van der Waals surface area contributed by atoms with Gasteiger partial charge in [-0.15, -0.1) is 0 Å². The van der Waals surface area contributed by atoms with E-state index in [1.807, 2.05) is 4.90 Å². The van der Waals surface area contributed by atoms with Gasteiger partial charge in [0.25, 0.3) is 0 Å². The molecule has 2 amide bonds. The van der Waals surface area contributed by atoms with Gasteiger partial charge in [-0.1, -0.05) is 26.7 Å². The van der Waals surface area contributed by atoms with Gasteiger partial charge in [-0.3, -0.25) is 4.79 Å². The lowest BCUT2D eigenvalue weighted by Crippen LogP contribution is -2.48. The number of nitrogens with zero attached hydrogens (tertiary/aromatic N) is 2. The summed E-state index contributed by atoms with van der Waals surface area (Å²) in [4.78, 5) is 27.1. The van der Waals surface area contributed by atoms with E-state index in [0.29, 0.717) is 11.8 Å². The quantitative estimate of drug-likeness (QED) is 0.861. The molecule has 1 N–H and O–H groups in total. The number of aliphatic carboxylic acids is 1. The lowest BCUT2D eigenvalue weighted by Gasteiger charge is -2.31. The van der Waals surface area contributed by atoms with Crippen LogP contribution in [-0.4, -0.2) is 52.6 Å².